The normalized spacial score (nSPS) is 43.0. The summed E-state index contributed by atoms with van der Waals surface area (Å²) in [6.07, 6.45) is 2.91. The Morgan fingerprint density at radius 2 is 1.77 bits per heavy atom. The molecule has 4 aliphatic rings. The highest BCUT2D eigenvalue weighted by atomic mass is 16.7. The van der Waals surface area contributed by atoms with Crippen molar-refractivity contribution in [3.05, 3.63) is 35.9 Å². The summed E-state index contributed by atoms with van der Waals surface area (Å²) in [5.41, 5.74) is 1.77. The standard InChI is InChI=1S/C19H27BO2/c1-12-16-10-15(19(16,3)4)11-17(12)20-21-13(2)18(22-20)14-8-6-5-7-9-14/h5-9,12-13,15-18H,10-11H2,1-4H3/t12-,13?,15+,16-,17-,18?/m1/s1. The minimum absolute atomic E-state index is 0.0170. The van der Waals surface area contributed by atoms with E-state index in [4.69, 9.17) is 9.31 Å². The Morgan fingerprint density at radius 1 is 1.05 bits per heavy atom. The lowest BCUT2D eigenvalue weighted by molar-refractivity contribution is -0.103. The Labute approximate surface area is 134 Å². The molecule has 22 heavy (non-hydrogen) atoms. The van der Waals surface area contributed by atoms with Gasteiger partial charge in [-0.2, -0.15) is 0 Å². The number of hydrogen-bond acceptors (Lipinski definition) is 2. The van der Waals surface area contributed by atoms with Crippen LogP contribution in [0.15, 0.2) is 30.3 Å². The second-order valence-corrected chi connectivity index (χ2v) is 8.30. The van der Waals surface area contributed by atoms with Crippen LogP contribution >= 0.6 is 0 Å². The number of rotatable bonds is 2. The molecule has 2 bridgehead atoms. The predicted octanol–water partition coefficient (Wildman–Crippen LogP) is 4.72. The molecule has 4 fully saturated rings. The van der Waals surface area contributed by atoms with Crippen LogP contribution in [0.4, 0.5) is 0 Å². The average Bonchev–Trinajstić information content (AvgIpc) is 2.89. The van der Waals surface area contributed by atoms with Gasteiger partial charge in [0.15, 0.2) is 0 Å². The van der Waals surface area contributed by atoms with E-state index < -0.39 is 0 Å². The summed E-state index contributed by atoms with van der Waals surface area (Å²) in [7, 11) is -0.0170. The molecule has 118 valence electrons. The van der Waals surface area contributed by atoms with Gasteiger partial charge in [0.2, 0.25) is 0 Å². The van der Waals surface area contributed by atoms with Crippen LogP contribution < -0.4 is 0 Å². The zero-order chi connectivity index (χ0) is 15.5. The average molecular weight is 298 g/mol. The van der Waals surface area contributed by atoms with Gasteiger partial charge in [-0.05, 0) is 54.3 Å². The molecule has 0 spiro atoms. The Hall–Kier alpha value is -0.795. The third-order valence-corrected chi connectivity index (χ3v) is 6.95. The van der Waals surface area contributed by atoms with Crippen LogP contribution in [0.5, 0.6) is 0 Å². The first-order valence-corrected chi connectivity index (χ1v) is 8.84. The van der Waals surface area contributed by atoms with Crippen LogP contribution in [-0.4, -0.2) is 13.2 Å². The second-order valence-electron chi connectivity index (χ2n) is 8.30. The van der Waals surface area contributed by atoms with E-state index in [1.807, 2.05) is 0 Å². The van der Waals surface area contributed by atoms with Gasteiger partial charge in [0.25, 0.3) is 0 Å². The van der Waals surface area contributed by atoms with Crippen LogP contribution in [0.3, 0.4) is 0 Å². The molecule has 5 rings (SSSR count). The van der Waals surface area contributed by atoms with E-state index in [0.717, 1.165) is 11.8 Å². The Morgan fingerprint density at radius 3 is 2.41 bits per heavy atom. The quantitative estimate of drug-likeness (QED) is 0.735. The maximum Gasteiger partial charge on any atom is 0.461 e. The van der Waals surface area contributed by atoms with Gasteiger partial charge in [-0.1, -0.05) is 51.1 Å². The Balaban J connectivity index is 1.49. The van der Waals surface area contributed by atoms with Crippen LogP contribution in [0.25, 0.3) is 0 Å². The van der Waals surface area contributed by atoms with Crippen LogP contribution in [0.1, 0.15) is 52.2 Å². The Kier molecular flexibility index (Phi) is 3.43. The molecule has 1 aliphatic heterocycles. The Bertz CT molecular complexity index is 544. The summed E-state index contributed by atoms with van der Waals surface area (Å²) in [5, 5.41) is 0. The van der Waals surface area contributed by atoms with Gasteiger partial charge in [-0.25, -0.2) is 0 Å². The third kappa shape index (κ3) is 2.09. The zero-order valence-electron chi connectivity index (χ0n) is 14.2. The SMILES string of the molecule is CC1OB([C@@H]2C[C@@H]3C[C@H]([C@H]2C)C3(C)C)OC1c1ccccc1. The summed E-state index contributed by atoms with van der Waals surface area (Å²) in [6.45, 7) is 9.46. The molecule has 2 nitrogen and oxygen atoms in total. The molecule has 1 aromatic carbocycles. The fraction of sp³-hybridized carbons (Fsp3) is 0.684. The van der Waals surface area contributed by atoms with Gasteiger partial charge < -0.3 is 9.31 Å². The van der Waals surface area contributed by atoms with Crippen molar-refractivity contribution in [3.8, 4) is 0 Å². The fourth-order valence-electron chi connectivity index (χ4n) is 5.31. The minimum Gasteiger partial charge on any atom is -0.405 e. The van der Waals surface area contributed by atoms with Gasteiger partial charge in [-0.3, -0.25) is 0 Å². The van der Waals surface area contributed by atoms with Crippen LogP contribution in [0, 0.1) is 23.2 Å². The van der Waals surface area contributed by atoms with E-state index in [1.54, 1.807) is 0 Å². The highest BCUT2D eigenvalue weighted by Gasteiger charge is 2.60. The number of fused-ring (bicyclic) bond motifs is 2. The van der Waals surface area contributed by atoms with Gasteiger partial charge in [0.05, 0.1) is 12.2 Å². The van der Waals surface area contributed by atoms with Crippen molar-refractivity contribution in [3.63, 3.8) is 0 Å². The predicted molar refractivity (Wildman–Crippen MR) is 89.5 cm³/mol. The smallest absolute Gasteiger partial charge is 0.405 e. The topological polar surface area (TPSA) is 18.5 Å². The first kappa shape index (κ1) is 14.8. The molecule has 3 saturated carbocycles. The molecule has 1 heterocycles. The summed E-state index contributed by atoms with van der Waals surface area (Å²) < 4.78 is 12.6. The molecule has 0 aromatic heterocycles. The van der Waals surface area contributed by atoms with E-state index in [-0.39, 0.29) is 19.3 Å². The van der Waals surface area contributed by atoms with E-state index in [2.05, 4.69) is 58.0 Å². The van der Waals surface area contributed by atoms with Gasteiger partial charge in [-0.15, -0.1) is 0 Å². The number of hydrogen-bond donors (Lipinski definition) is 0. The van der Waals surface area contributed by atoms with E-state index >= 15 is 0 Å². The molecule has 1 aromatic rings. The highest BCUT2D eigenvalue weighted by Crippen LogP contribution is 2.65. The summed E-state index contributed by atoms with van der Waals surface area (Å²) >= 11 is 0. The van der Waals surface area contributed by atoms with Gasteiger partial charge >= 0.3 is 7.12 Å². The molecular formula is C19H27BO2. The van der Waals surface area contributed by atoms with E-state index in [1.165, 1.54) is 18.4 Å². The van der Waals surface area contributed by atoms with Gasteiger partial charge in [0, 0.05) is 0 Å². The van der Waals surface area contributed by atoms with Crippen molar-refractivity contribution >= 4 is 7.12 Å². The summed E-state index contributed by atoms with van der Waals surface area (Å²) in [4.78, 5) is 0. The van der Waals surface area contributed by atoms with Crippen molar-refractivity contribution in [2.75, 3.05) is 0 Å². The zero-order valence-corrected chi connectivity index (χ0v) is 14.2. The molecule has 0 N–H and O–H groups in total. The van der Waals surface area contributed by atoms with Crippen LogP contribution in [-0.2, 0) is 9.31 Å². The van der Waals surface area contributed by atoms with Crippen molar-refractivity contribution in [2.24, 2.45) is 23.2 Å². The molecule has 2 unspecified atom stereocenters. The van der Waals surface area contributed by atoms with Gasteiger partial charge in [0.1, 0.15) is 0 Å². The lowest BCUT2D eigenvalue weighted by atomic mass is 9.39. The lowest BCUT2D eigenvalue weighted by Crippen LogP contribution is -2.56. The molecule has 3 heteroatoms. The molecule has 0 radical (unpaired) electrons. The lowest BCUT2D eigenvalue weighted by Gasteiger charge is -2.62. The molecule has 3 aliphatic carbocycles. The minimum atomic E-state index is -0.0170. The summed E-state index contributed by atoms with van der Waals surface area (Å²) in [6, 6.07) is 10.5. The molecule has 6 atom stereocenters. The van der Waals surface area contributed by atoms with Crippen molar-refractivity contribution in [1.29, 1.82) is 0 Å². The summed E-state index contributed by atoms with van der Waals surface area (Å²) in [5.74, 6) is 2.96. The van der Waals surface area contributed by atoms with Crippen molar-refractivity contribution in [2.45, 2.75) is 58.6 Å². The molecule has 0 amide bonds. The van der Waals surface area contributed by atoms with E-state index in [0.29, 0.717) is 17.2 Å². The first-order chi connectivity index (χ1) is 10.5. The highest BCUT2D eigenvalue weighted by molar-refractivity contribution is 6.47. The third-order valence-electron chi connectivity index (χ3n) is 6.95. The second kappa shape index (κ2) is 5.11. The monoisotopic (exact) mass is 298 g/mol. The maximum atomic E-state index is 6.38. The van der Waals surface area contributed by atoms with E-state index in [9.17, 15) is 0 Å². The van der Waals surface area contributed by atoms with Crippen LogP contribution in [0.2, 0.25) is 5.82 Å². The first-order valence-electron chi connectivity index (χ1n) is 8.84. The molecular weight excluding hydrogens is 271 g/mol. The van der Waals surface area contributed by atoms with Crippen molar-refractivity contribution in [1.82, 2.24) is 0 Å². The maximum absolute atomic E-state index is 6.38. The number of benzene rings is 1. The fourth-order valence-corrected chi connectivity index (χ4v) is 5.31. The molecule has 1 saturated heterocycles. The largest absolute Gasteiger partial charge is 0.461 e. The van der Waals surface area contributed by atoms with Crippen molar-refractivity contribution < 1.29 is 9.31 Å².